The number of carbonyl (C=O) groups excluding carboxylic acids is 1. The molecule has 0 bridgehead atoms. The van der Waals surface area contributed by atoms with E-state index >= 15 is 0 Å². The lowest BCUT2D eigenvalue weighted by Crippen LogP contribution is -2.02. The summed E-state index contributed by atoms with van der Waals surface area (Å²) < 4.78 is 4.93. The predicted molar refractivity (Wildman–Crippen MR) is 58.5 cm³/mol. The van der Waals surface area contributed by atoms with E-state index in [2.05, 4.69) is 0 Å². The van der Waals surface area contributed by atoms with Crippen LogP contribution in [-0.2, 0) is 9.53 Å². The molecule has 0 radical (unpaired) electrons. The van der Waals surface area contributed by atoms with E-state index in [1.54, 1.807) is 18.2 Å². The first kappa shape index (κ1) is 10.3. The van der Waals surface area contributed by atoms with Gasteiger partial charge in [-0.2, -0.15) is 0 Å². The van der Waals surface area contributed by atoms with Gasteiger partial charge in [-0.3, -0.25) is 4.79 Å². The average molecular weight is 244 g/mol. The summed E-state index contributed by atoms with van der Waals surface area (Å²) in [6.45, 7) is -0.0529. The summed E-state index contributed by atoms with van der Waals surface area (Å²) >= 11 is 11.9. The lowest BCUT2D eigenvalue weighted by Gasteiger charge is -2.05. The molecular formula is C10H7Cl2NO2. The van der Waals surface area contributed by atoms with Crippen LogP contribution in [0.2, 0.25) is 10.0 Å². The van der Waals surface area contributed by atoms with E-state index in [0.29, 0.717) is 15.6 Å². The molecule has 1 aliphatic rings. The summed E-state index contributed by atoms with van der Waals surface area (Å²) in [5, 5.41) is 0.776. The Kier molecular flexibility index (Phi) is 2.59. The minimum Gasteiger partial charge on any atom is -0.470 e. The Morgan fingerprint density at radius 3 is 2.33 bits per heavy atom. The van der Waals surface area contributed by atoms with Gasteiger partial charge in [0.25, 0.3) is 0 Å². The third-order valence-corrected chi connectivity index (χ3v) is 2.73. The van der Waals surface area contributed by atoms with Gasteiger partial charge in [0.05, 0.1) is 15.6 Å². The maximum absolute atomic E-state index is 11.5. The van der Waals surface area contributed by atoms with Crippen LogP contribution in [0, 0.1) is 0 Å². The number of Topliss-reactive ketones (excluding diaryl/α,β-unsaturated/α-hetero) is 1. The summed E-state index contributed by atoms with van der Waals surface area (Å²) in [7, 11) is 0. The number of hydrogen-bond acceptors (Lipinski definition) is 3. The predicted octanol–water partition coefficient (Wildman–Crippen LogP) is 2.22. The van der Waals surface area contributed by atoms with Crippen LogP contribution in [-0.4, -0.2) is 12.4 Å². The maximum Gasteiger partial charge on any atom is 0.206 e. The highest BCUT2D eigenvalue weighted by Gasteiger charge is 2.27. The van der Waals surface area contributed by atoms with Crippen molar-refractivity contribution in [3.05, 3.63) is 39.7 Å². The van der Waals surface area contributed by atoms with Crippen molar-refractivity contribution in [2.24, 2.45) is 5.73 Å². The fraction of sp³-hybridized carbons (Fsp3) is 0.100. The van der Waals surface area contributed by atoms with Crippen molar-refractivity contribution in [3.63, 3.8) is 0 Å². The van der Waals surface area contributed by atoms with Crippen molar-refractivity contribution in [1.29, 1.82) is 0 Å². The standard InChI is InChI=1S/C10H7Cl2NO2/c11-5-2-1-3-6(12)8(5)9-7(14)4-15-10(9)13/h1-3H,4,13H2. The van der Waals surface area contributed by atoms with Gasteiger partial charge in [0.2, 0.25) is 5.78 Å². The van der Waals surface area contributed by atoms with Gasteiger partial charge in [0, 0.05) is 5.56 Å². The summed E-state index contributed by atoms with van der Waals surface area (Å²) in [5.41, 5.74) is 6.27. The maximum atomic E-state index is 11.5. The van der Waals surface area contributed by atoms with Crippen LogP contribution >= 0.6 is 23.2 Å². The largest absolute Gasteiger partial charge is 0.470 e. The minimum atomic E-state index is -0.206. The van der Waals surface area contributed by atoms with Gasteiger partial charge in [-0.1, -0.05) is 29.3 Å². The number of carbonyl (C=O) groups is 1. The number of halogens is 2. The number of rotatable bonds is 1. The molecule has 0 aliphatic carbocycles. The lowest BCUT2D eigenvalue weighted by atomic mass is 10.0. The first-order chi connectivity index (χ1) is 7.11. The van der Waals surface area contributed by atoms with E-state index in [-0.39, 0.29) is 23.8 Å². The topological polar surface area (TPSA) is 52.3 Å². The van der Waals surface area contributed by atoms with Crippen molar-refractivity contribution in [2.75, 3.05) is 6.61 Å². The minimum absolute atomic E-state index is 0.0529. The van der Waals surface area contributed by atoms with E-state index in [9.17, 15) is 4.79 Å². The van der Waals surface area contributed by atoms with Gasteiger partial charge >= 0.3 is 0 Å². The quantitative estimate of drug-likeness (QED) is 0.823. The number of ketones is 1. The lowest BCUT2D eigenvalue weighted by molar-refractivity contribution is -0.115. The molecule has 3 nitrogen and oxygen atoms in total. The molecule has 1 aromatic rings. The first-order valence-corrected chi connectivity index (χ1v) is 4.97. The monoisotopic (exact) mass is 243 g/mol. The first-order valence-electron chi connectivity index (χ1n) is 4.21. The molecule has 5 heteroatoms. The Balaban J connectivity index is 2.64. The zero-order valence-corrected chi connectivity index (χ0v) is 9.10. The molecule has 2 N–H and O–H groups in total. The molecule has 2 rings (SSSR count). The second-order valence-corrected chi connectivity index (χ2v) is 3.86. The van der Waals surface area contributed by atoms with E-state index in [1.807, 2.05) is 0 Å². The Labute approximate surface area is 96.4 Å². The van der Waals surface area contributed by atoms with Crippen molar-refractivity contribution in [3.8, 4) is 0 Å². The van der Waals surface area contributed by atoms with Crippen LogP contribution in [0.25, 0.3) is 5.57 Å². The second kappa shape index (κ2) is 3.76. The van der Waals surface area contributed by atoms with Gasteiger partial charge in [-0.15, -0.1) is 0 Å². The summed E-state index contributed by atoms with van der Waals surface area (Å²) in [6.07, 6.45) is 0. The summed E-state index contributed by atoms with van der Waals surface area (Å²) in [6, 6.07) is 4.99. The van der Waals surface area contributed by atoms with Gasteiger partial charge in [0.15, 0.2) is 12.5 Å². The highest BCUT2D eigenvalue weighted by atomic mass is 35.5. The number of nitrogens with two attached hydrogens (primary N) is 1. The summed E-state index contributed by atoms with van der Waals surface area (Å²) in [5.74, 6) is -0.127. The molecule has 0 amide bonds. The fourth-order valence-electron chi connectivity index (χ4n) is 1.42. The van der Waals surface area contributed by atoms with Gasteiger partial charge in [-0.25, -0.2) is 0 Å². The van der Waals surface area contributed by atoms with Crippen LogP contribution in [0.4, 0.5) is 0 Å². The SMILES string of the molecule is NC1=C(c2c(Cl)cccc2Cl)C(=O)CO1. The van der Waals surface area contributed by atoms with E-state index in [4.69, 9.17) is 33.7 Å². The normalized spacial score (nSPS) is 15.7. The molecule has 0 spiro atoms. The third kappa shape index (κ3) is 1.68. The molecule has 0 saturated carbocycles. The van der Waals surface area contributed by atoms with Crippen LogP contribution < -0.4 is 5.73 Å². The fourth-order valence-corrected chi connectivity index (χ4v) is 2.01. The van der Waals surface area contributed by atoms with Gasteiger partial charge in [0.1, 0.15) is 0 Å². The van der Waals surface area contributed by atoms with E-state index < -0.39 is 0 Å². The van der Waals surface area contributed by atoms with Crippen molar-refractivity contribution < 1.29 is 9.53 Å². The smallest absolute Gasteiger partial charge is 0.206 e. The molecule has 0 atom stereocenters. The molecular weight excluding hydrogens is 237 g/mol. The molecule has 0 unspecified atom stereocenters. The zero-order chi connectivity index (χ0) is 11.0. The number of ether oxygens (including phenoxy) is 1. The second-order valence-electron chi connectivity index (χ2n) is 3.05. The average Bonchev–Trinajstić information content (AvgIpc) is 2.49. The van der Waals surface area contributed by atoms with Crippen molar-refractivity contribution in [1.82, 2.24) is 0 Å². The Hall–Kier alpha value is -1.19. The van der Waals surface area contributed by atoms with Crippen molar-refractivity contribution in [2.45, 2.75) is 0 Å². The highest BCUT2D eigenvalue weighted by molar-refractivity contribution is 6.41. The molecule has 0 aromatic heterocycles. The van der Waals surface area contributed by atoms with Crippen LogP contribution in [0.15, 0.2) is 24.1 Å². The summed E-state index contributed by atoms with van der Waals surface area (Å²) in [4.78, 5) is 11.5. The van der Waals surface area contributed by atoms with E-state index in [1.165, 1.54) is 0 Å². The van der Waals surface area contributed by atoms with Crippen LogP contribution in [0.5, 0.6) is 0 Å². The Bertz CT molecular complexity index is 448. The van der Waals surface area contributed by atoms with Crippen LogP contribution in [0.1, 0.15) is 5.56 Å². The van der Waals surface area contributed by atoms with Gasteiger partial charge < -0.3 is 10.5 Å². The van der Waals surface area contributed by atoms with Crippen LogP contribution in [0.3, 0.4) is 0 Å². The Morgan fingerprint density at radius 1 is 1.27 bits per heavy atom. The Morgan fingerprint density at radius 2 is 1.87 bits per heavy atom. The molecule has 0 saturated heterocycles. The zero-order valence-electron chi connectivity index (χ0n) is 7.59. The molecule has 15 heavy (non-hydrogen) atoms. The van der Waals surface area contributed by atoms with E-state index in [0.717, 1.165) is 0 Å². The number of benzene rings is 1. The molecule has 1 aliphatic heterocycles. The number of hydrogen-bond donors (Lipinski definition) is 1. The van der Waals surface area contributed by atoms with Gasteiger partial charge in [-0.05, 0) is 12.1 Å². The molecule has 1 aromatic carbocycles. The molecule has 0 fully saturated rings. The molecule has 78 valence electrons. The third-order valence-electron chi connectivity index (χ3n) is 2.10. The molecule has 1 heterocycles. The highest BCUT2D eigenvalue weighted by Crippen LogP contribution is 2.34. The van der Waals surface area contributed by atoms with Crippen molar-refractivity contribution >= 4 is 34.6 Å².